The fourth-order valence-corrected chi connectivity index (χ4v) is 4.14. The maximum absolute atomic E-state index is 12.1. The van der Waals surface area contributed by atoms with E-state index in [1.54, 1.807) is 11.3 Å². The van der Waals surface area contributed by atoms with E-state index in [9.17, 15) is 4.79 Å². The van der Waals surface area contributed by atoms with Gasteiger partial charge in [-0.25, -0.2) is 4.98 Å². The SMILES string of the molecule is CCCN(c1nc2c(s1)CCCC2C(=O)OCC)C(C)C. The Balaban J connectivity index is 2.27. The number of anilines is 1. The fraction of sp³-hybridized carbons (Fsp3) is 0.750. The highest BCUT2D eigenvalue weighted by Gasteiger charge is 2.32. The van der Waals surface area contributed by atoms with Gasteiger partial charge in [0.2, 0.25) is 0 Å². The lowest BCUT2D eigenvalue weighted by Gasteiger charge is -2.25. The van der Waals surface area contributed by atoms with Gasteiger partial charge in [0.05, 0.1) is 12.3 Å². The zero-order valence-electron chi connectivity index (χ0n) is 13.5. The molecule has 0 amide bonds. The third kappa shape index (κ3) is 3.57. The van der Waals surface area contributed by atoms with Crippen LogP contribution in [0.4, 0.5) is 5.13 Å². The van der Waals surface area contributed by atoms with Gasteiger partial charge in [0.1, 0.15) is 5.92 Å². The summed E-state index contributed by atoms with van der Waals surface area (Å²) in [6.45, 7) is 9.88. The molecule has 21 heavy (non-hydrogen) atoms. The van der Waals surface area contributed by atoms with Gasteiger partial charge in [0, 0.05) is 17.5 Å². The van der Waals surface area contributed by atoms with Crippen molar-refractivity contribution in [1.82, 2.24) is 4.98 Å². The quantitative estimate of drug-likeness (QED) is 0.751. The molecule has 1 heterocycles. The average Bonchev–Trinajstić information content (AvgIpc) is 2.87. The Morgan fingerprint density at radius 3 is 2.86 bits per heavy atom. The number of aryl methyl sites for hydroxylation is 1. The molecule has 1 aliphatic carbocycles. The standard InChI is InChI=1S/C16H26N2O2S/c1-5-10-18(11(3)4)16-17-14-12(15(19)20-6-2)8-7-9-13(14)21-16/h11-12H,5-10H2,1-4H3. The van der Waals surface area contributed by atoms with Crippen LogP contribution in [-0.2, 0) is 16.0 Å². The van der Waals surface area contributed by atoms with Gasteiger partial charge in [-0.05, 0) is 46.5 Å². The van der Waals surface area contributed by atoms with Crippen molar-refractivity contribution in [2.45, 2.75) is 65.3 Å². The lowest BCUT2D eigenvalue weighted by atomic mass is 9.91. The van der Waals surface area contributed by atoms with E-state index in [0.29, 0.717) is 12.6 Å². The number of aromatic nitrogens is 1. The zero-order valence-corrected chi connectivity index (χ0v) is 14.3. The number of hydrogen-bond donors (Lipinski definition) is 0. The van der Waals surface area contributed by atoms with Crippen molar-refractivity contribution in [3.63, 3.8) is 0 Å². The monoisotopic (exact) mass is 310 g/mol. The van der Waals surface area contributed by atoms with Gasteiger partial charge in [-0.1, -0.05) is 6.92 Å². The van der Waals surface area contributed by atoms with Crippen LogP contribution in [0.3, 0.4) is 0 Å². The largest absolute Gasteiger partial charge is 0.465 e. The third-order valence-corrected chi connectivity index (χ3v) is 5.02. The van der Waals surface area contributed by atoms with Crippen molar-refractivity contribution in [2.75, 3.05) is 18.1 Å². The maximum Gasteiger partial charge on any atom is 0.315 e. The normalized spacial score (nSPS) is 17.7. The molecule has 0 saturated carbocycles. The minimum Gasteiger partial charge on any atom is -0.465 e. The first kappa shape index (κ1) is 16.3. The summed E-state index contributed by atoms with van der Waals surface area (Å²) in [5, 5.41) is 1.06. The Labute approximate surface area is 131 Å². The Morgan fingerprint density at radius 2 is 2.24 bits per heavy atom. The molecule has 1 atom stereocenters. The summed E-state index contributed by atoms with van der Waals surface area (Å²) in [5.41, 5.74) is 0.974. The Bertz CT molecular complexity index is 485. The van der Waals surface area contributed by atoms with E-state index >= 15 is 0 Å². The van der Waals surface area contributed by atoms with Crippen LogP contribution in [0.2, 0.25) is 0 Å². The number of rotatable bonds is 6. The molecule has 0 bridgehead atoms. The van der Waals surface area contributed by atoms with E-state index in [-0.39, 0.29) is 11.9 Å². The number of carbonyl (C=O) groups is 1. The smallest absolute Gasteiger partial charge is 0.315 e. The molecule has 0 spiro atoms. The highest BCUT2D eigenvalue weighted by Crippen LogP contribution is 2.39. The first-order valence-electron chi connectivity index (χ1n) is 8.01. The van der Waals surface area contributed by atoms with Crippen molar-refractivity contribution in [3.8, 4) is 0 Å². The molecule has 1 aliphatic rings. The predicted octanol–water partition coefficient (Wildman–Crippen LogP) is 3.75. The summed E-state index contributed by atoms with van der Waals surface area (Å²) >= 11 is 1.76. The van der Waals surface area contributed by atoms with Crippen molar-refractivity contribution < 1.29 is 9.53 Å². The van der Waals surface area contributed by atoms with E-state index in [2.05, 4.69) is 25.7 Å². The minimum atomic E-state index is -0.158. The molecule has 0 aliphatic heterocycles. The summed E-state index contributed by atoms with van der Waals surface area (Å²) in [7, 11) is 0. The molecule has 5 heteroatoms. The fourth-order valence-electron chi connectivity index (χ4n) is 2.82. The second kappa shape index (κ2) is 7.25. The third-order valence-electron chi connectivity index (χ3n) is 3.85. The van der Waals surface area contributed by atoms with Crippen molar-refractivity contribution >= 4 is 22.4 Å². The molecular formula is C16H26N2O2S. The Morgan fingerprint density at radius 1 is 1.48 bits per heavy atom. The van der Waals surface area contributed by atoms with Crippen LogP contribution in [0.1, 0.15) is 63.4 Å². The molecule has 118 valence electrons. The van der Waals surface area contributed by atoms with Crippen LogP contribution in [0.25, 0.3) is 0 Å². The first-order valence-corrected chi connectivity index (χ1v) is 8.82. The van der Waals surface area contributed by atoms with E-state index in [4.69, 9.17) is 9.72 Å². The van der Waals surface area contributed by atoms with E-state index in [1.807, 2.05) is 6.92 Å². The molecule has 1 aromatic heterocycles. The van der Waals surface area contributed by atoms with Gasteiger partial charge >= 0.3 is 5.97 Å². The number of carbonyl (C=O) groups excluding carboxylic acids is 1. The van der Waals surface area contributed by atoms with Gasteiger partial charge in [0.25, 0.3) is 0 Å². The molecule has 1 aromatic rings. The zero-order chi connectivity index (χ0) is 15.4. The summed E-state index contributed by atoms with van der Waals surface area (Å²) in [5.74, 6) is -0.267. The molecule has 0 aromatic carbocycles. The Kier molecular flexibility index (Phi) is 5.62. The van der Waals surface area contributed by atoms with E-state index < -0.39 is 0 Å². The second-order valence-electron chi connectivity index (χ2n) is 5.79. The Hall–Kier alpha value is -1.10. The molecular weight excluding hydrogens is 284 g/mol. The minimum absolute atomic E-state index is 0.109. The number of esters is 1. The van der Waals surface area contributed by atoms with Gasteiger partial charge < -0.3 is 9.64 Å². The lowest BCUT2D eigenvalue weighted by Crippen LogP contribution is -2.31. The molecule has 4 nitrogen and oxygen atoms in total. The van der Waals surface area contributed by atoms with Crippen LogP contribution in [0.15, 0.2) is 0 Å². The van der Waals surface area contributed by atoms with Gasteiger partial charge in [-0.2, -0.15) is 0 Å². The molecule has 0 N–H and O–H groups in total. The number of thiazole rings is 1. The summed E-state index contributed by atoms with van der Waals surface area (Å²) < 4.78 is 5.21. The summed E-state index contributed by atoms with van der Waals surface area (Å²) in [4.78, 5) is 20.6. The van der Waals surface area contributed by atoms with Gasteiger partial charge in [-0.3, -0.25) is 4.79 Å². The van der Waals surface area contributed by atoms with Crippen molar-refractivity contribution in [3.05, 3.63) is 10.6 Å². The maximum atomic E-state index is 12.1. The van der Waals surface area contributed by atoms with Gasteiger partial charge in [-0.15, -0.1) is 11.3 Å². The predicted molar refractivity (Wildman–Crippen MR) is 87.2 cm³/mol. The van der Waals surface area contributed by atoms with Crippen LogP contribution in [0.5, 0.6) is 0 Å². The highest BCUT2D eigenvalue weighted by atomic mass is 32.1. The summed E-state index contributed by atoms with van der Waals surface area (Å²) in [6, 6.07) is 0.429. The highest BCUT2D eigenvalue weighted by molar-refractivity contribution is 7.15. The molecule has 2 rings (SSSR count). The topological polar surface area (TPSA) is 42.4 Å². The molecule has 0 saturated heterocycles. The number of nitrogens with zero attached hydrogens (tertiary/aromatic N) is 2. The van der Waals surface area contributed by atoms with Crippen LogP contribution in [0, 0.1) is 0 Å². The van der Waals surface area contributed by atoms with Gasteiger partial charge in [0.15, 0.2) is 5.13 Å². The number of fused-ring (bicyclic) bond motifs is 1. The molecule has 0 fully saturated rings. The van der Waals surface area contributed by atoms with Crippen LogP contribution >= 0.6 is 11.3 Å². The van der Waals surface area contributed by atoms with E-state index in [0.717, 1.165) is 43.1 Å². The van der Waals surface area contributed by atoms with Crippen molar-refractivity contribution in [2.24, 2.45) is 0 Å². The van der Waals surface area contributed by atoms with Crippen LogP contribution in [-0.4, -0.2) is 30.1 Å². The van der Waals surface area contributed by atoms with Crippen molar-refractivity contribution in [1.29, 1.82) is 0 Å². The molecule has 1 unspecified atom stereocenters. The lowest BCUT2D eigenvalue weighted by molar-refractivity contribution is -0.145. The number of ether oxygens (including phenoxy) is 1. The average molecular weight is 310 g/mol. The van der Waals surface area contributed by atoms with E-state index in [1.165, 1.54) is 4.88 Å². The summed E-state index contributed by atoms with van der Waals surface area (Å²) in [6.07, 6.45) is 4.06. The second-order valence-corrected chi connectivity index (χ2v) is 6.85. The molecule has 0 radical (unpaired) electrons. The first-order chi connectivity index (χ1) is 10.1. The number of hydrogen-bond acceptors (Lipinski definition) is 5. The van der Waals surface area contributed by atoms with Crippen LogP contribution < -0.4 is 4.90 Å².